The van der Waals surface area contributed by atoms with Crippen molar-refractivity contribution in [1.82, 2.24) is 0 Å². The highest BCUT2D eigenvalue weighted by Crippen LogP contribution is 2.30. The molecule has 0 heterocycles. The molecule has 0 aromatic heterocycles. The third-order valence-electron chi connectivity index (χ3n) is 2.89. The Morgan fingerprint density at radius 3 is 2.94 bits per heavy atom. The predicted molar refractivity (Wildman–Crippen MR) is 66.0 cm³/mol. The highest BCUT2D eigenvalue weighted by atomic mass is 16.5. The van der Waals surface area contributed by atoms with Crippen molar-refractivity contribution in [2.75, 3.05) is 0 Å². The van der Waals surface area contributed by atoms with Crippen molar-refractivity contribution in [3.05, 3.63) is 36.5 Å². The van der Waals surface area contributed by atoms with Crippen LogP contribution in [0.3, 0.4) is 0 Å². The molecule has 0 N–H and O–H groups in total. The predicted octanol–water partition coefficient (Wildman–Crippen LogP) is 3.41. The smallest absolute Gasteiger partial charge is 0.330 e. The van der Waals surface area contributed by atoms with E-state index in [0.717, 1.165) is 24.8 Å². The average molecular weight is 220 g/mol. The Kier molecular flexibility index (Phi) is 4.53. The maximum atomic E-state index is 11.2. The van der Waals surface area contributed by atoms with Gasteiger partial charge in [-0.05, 0) is 44.6 Å². The van der Waals surface area contributed by atoms with Crippen molar-refractivity contribution in [3.63, 3.8) is 0 Å². The number of ether oxygens (including phenoxy) is 1. The summed E-state index contributed by atoms with van der Waals surface area (Å²) in [5.74, 6) is 0.206. The Hall–Kier alpha value is -1.31. The van der Waals surface area contributed by atoms with Gasteiger partial charge in [0.2, 0.25) is 0 Å². The van der Waals surface area contributed by atoms with E-state index in [2.05, 4.69) is 19.2 Å². The molecule has 2 nitrogen and oxygen atoms in total. The van der Waals surface area contributed by atoms with E-state index in [-0.39, 0.29) is 12.1 Å². The fraction of sp³-hybridized carbons (Fsp3) is 0.500. The van der Waals surface area contributed by atoms with Gasteiger partial charge in [0, 0.05) is 6.08 Å². The Morgan fingerprint density at radius 1 is 1.69 bits per heavy atom. The average Bonchev–Trinajstić information content (AvgIpc) is 2.22. The molecule has 2 heteroatoms. The molecular formula is C14H20O2. The van der Waals surface area contributed by atoms with Gasteiger partial charge in [-0.25, -0.2) is 4.79 Å². The van der Waals surface area contributed by atoms with Crippen LogP contribution in [0, 0.1) is 5.92 Å². The number of carbonyl (C=O) groups excluding carboxylic acids is 1. The molecule has 0 saturated heterocycles. The van der Waals surface area contributed by atoms with E-state index in [1.54, 1.807) is 0 Å². The zero-order valence-electron chi connectivity index (χ0n) is 10.2. The summed E-state index contributed by atoms with van der Waals surface area (Å²) in [6.07, 6.45) is 6.26. The summed E-state index contributed by atoms with van der Waals surface area (Å²) >= 11 is 0. The number of allylic oxidation sites excluding steroid dienone is 2. The summed E-state index contributed by atoms with van der Waals surface area (Å²) in [4.78, 5) is 11.2. The monoisotopic (exact) mass is 220 g/mol. The van der Waals surface area contributed by atoms with Gasteiger partial charge in [0.25, 0.3) is 0 Å². The van der Waals surface area contributed by atoms with Crippen LogP contribution in [0.25, 0.3) is 0 Å². The summed E-state index contributed by atoms with van der Waals surface area (Å²) in [6.45, 7) is 11.4. The van der Waals surface area contributed by atoms with Gasteiger partial charge >= 0.3 is 5.97 Å². The molecule has 0 aliphatic heterocycles. The molecule has 0 radical (unpaired) electrons. The van der Waals surface area contributed by atoms with E-state index >= 15 is 0 Å². The van der Waals surface area contributed by atoms with Gasteiger partial charge in [0.05, 0.1) is 0 Å². The fourth-order valence-corrected chi connectivity index (χ4v) is 2.06. The zero-order valence-corrected chi connectivity index (χ0v) is 10.2. The Balaban J connectivity index is 2.60. The second-order valence-electron chi connectivity index (χ2n) is 4.58. The lowest BCUT2D eigenvalue weighted by Gasteiger charge is -2.28. The summed E-state index contributed by atoms with van der Waals surface area (Å²) < 4.78 is 5.31. The van der Waals surface area contributed by atoms with Crippen LogP contribution < -0.4 is 0 Å². The number of hydrogen-bond acceptors (Lipinski definition) is 2. The summed E-state index contributed by atoms with van der Waals surface area (Å²) in [6, 6.07) is 0. The van der Waals surface area contributed by atoms with E-state index in [4.69, 9.17) is 4.74 Å². The van der Waals surface area contributed by atoms with Crippen LogP contribution in [0.15, 0.2) is 36.5 Å². The maximum Gasteiger partial charge on any atom is 0.330 e. The fourth-order valence-electron chi connectivity index (χ4n) is 2.06. The second-order valence-corrected chi connectivity index (χ2v) is 4.58. The summed E-state index contributed by atoms with van der Waals surface area (Å²) in [7, 11) is 0. The number of rotatable bonds is 4. The summed E-state index contributed by atoms with van der Waals surface area (Å²) in [5, 5.41) is 0. The molecule has 2 atom stereocenters. The molecular weight excluding hydrogens is 200 g/mol. The van der Waals surface area contributed by atoms with Gasteiger partial charge in [-0.15, -0.1) is 6.58 Å². The quantitative estimate of drug-likeness (QED) is 0.412. The largest absolute Gasteiger partial charge is 0.455 e. The lowest BCUT2D eigenvalue weighted by atomic mass is 9.84. The molecule has 0 aromatic rings. The molecule has 0 bridgehead atoms. The van der Waals surface area contributed by atoms with Crippen LogP contribution in [0.2, 0.25) is 0 Å². The van der Waals surface area contributed by atoms with Crippen molar-refractivity contribution in [1.29, 1.82) is 0 Å². The van der Waals surface area contributed by atoms with Crippen LogP contribution in [0.5, 0.6) is 0 Å². The topological polar surface area (TPSA) is 26.3 Å². The van der Waals surface area contributed by atoms with E-state index in [9.17, 15) is 4.79 Å². The van der Waals surface area contributed by atoms with Gasteiger partial charge < -0.3 is 4.74 Å². The summed E-state index contributed by atoms with van der Waals surface area (Å²) in [5.41, 5.74) is 2.33. The van der Waals surface area contributed by atoms with Crippen LogP contribution in [-0.2, 0) is 9.53 Å². The van der Waals surface area contributed by atoms with Crippen molar-refractivity contribution < 1.29 is 9.53 Å². The Labute approximate surface area is 97.7 Å². The second kappa shape index (κ2) is 5.69. The van der Waals surface area contributed by atoms with E-state index < -0.39 is 0 Å². The van der Waals surface area contributed by atoms with Crippen LogP contribution in [0.4, 0.5) is 0 Å². The van der Waals surface area contributed by atoms with Crippen LogP contribution >= 0.6 is 0 Å². The molecule has 1 rings (SSSR count). The third-order valence-corrected chi connectivity index (χ3v) is 2.89. The van der Waals surface area contributed by atoms with Crippen LogP contribution in [0.1, 0.15) is 33.1 Å². The van der Waals surface area contributed by atoms with Crippen molar-refractivity contribution in [2.45, 2.75) is 39.2 Å². The van der Waals surface area contributed by atoms with Gasteiger partial charge in [-0.2, -0.15) is 0 Å². The lowest BCUT2D eigenvalue weighted by molar-refractivity contribution is -0.142. The Bertz CT molecular complexity index is 326. The highest BCUT2D eigenvalue weighted by Gasteiger charge is 2.24. The Morgan fingerprint density at radius 2 is 2.38 bits per heavy atom. The molecule has 0 saturated carbocycles. The van der Waals surface area contributed by atoms with E-state index in [0.29, 0.717) is 5.92 Å². The molecule has 1 aliphatic rings. The van der Waals surface area contributed by atoms with Gasteiger partial charge in [0.15, 0.2) is 0 Å². The minimum absolute atomic E-state index is 0.0800. The molecule has 16 heavy (non-hydrogen) atoms. The number of hydrogen-bond donors (Lipinski definition) is 0. The van der Waals surface area contributed by atoms with E-state index in [1.807, 2.05) is 13.8 Å². The third kappa shape index (κ3) is 3.69. The zero-order chi connectivity index (χ0) is 12.1. The van der Waals surface area contributed by atoms with E-state index in [1.165, 1.54) is 11.6 Å². The first kappa shape index (κ1) is 12.8. The molecule has 2 unspecified atom stereocenters. The minimum atomic E-state index is -0.339. The van der Waals surface area contributed by atoms with Gasteiger partial charge in [-0.1, -0.05) is 18.2 Å². The SMILES string of the molecule is C=CC(=O)OC1CC(CC(=C)C)CC=C1C. The molecule has 0 fully saturated rings. The first-order valence-electron chi connectivity index (χ1n) is 5.67. The van der Waals surface area contributed by atoms with Crippen LogP contribution in [-0.4, -0.2) is 12.1 Å². The standard InChI is InChI=1S/C14H20O2/c1-5-14(15)16-13-9-12(8-10(2)3)7-6-11(13)4/h5-6,12-13H,1-2,7-9H2,3-4H3. The highest BCUT2D eigenvalue weighted by molar-refractivity contribution is 5.81. The van der Waals surface area contributed by atoms with Gasteiger partial charge in [-0.3, -0.25) is 0 Å². The molecule has 0 spiro atoms. The van der Waals surface area contributed by atoms with Crippen molar-refractivity contribution in [2.24, 2.45) is 5.92 Å². The van der Waals surface area contributed by atoms with Crippen molar-refractivity contribution >= 4 is 5.97 Å². The normalized spacial score (nSPS) is 24.5. The maximum absolute atomic E-state index is 11.2. The van der Waals surface area contributed by atoms with Crippen molar-refractivity contribution in [3.8, 4) is 0 Å². The van der Waals surface area contributed by atoms with Gasteiger partial charge in [0.1, 0.15) is 6.10 Å². The molecule has 0 amide bonds. The molecule has 88 valence electrons. The first-order chi connectivity index (χ1) is 7.52. The minimum Gasteiger partial charge on any atom is -0.455 e. The number of carbonyl (C=O) groups is 1. The first-order valence-corrected chi connectivity index (χ1v) is 5.67. The molecule has 1 aliphatic carbocycles. The number of esters is 1. The lowest BCUT2D eigenvalue weighted by Crippen LogP contribution is -2.25. The molecule has 0 aromatic carbocycles.